The molecule has 2 aromatic rings. The van der Waals surface area contributed by atoms with Crippen molar-refractivity contribution in [1.29, 1.82) is 5.26 Å². The van der Waals surface area contributed by atoms with Crippen molar-refractivity contribution >= 4 is 22.9 Å². The molecule has 0 saturated carbocycles. The van der Waals surface area contributed by atoms with Crippen molar-refractivity contribution in [2.24, 2.45) is 12.8 Å². The lowest BCUT2D eigenvalue weighted by Crippen LogP contribution is -2.12. The minimum atomic E-state index is -0.708. The van der Waals surface area contributed by atoms with Gasteiger partial charge in [0, 0.05) is 29.7 Å². The molecular formula is C13H11N3O. The van der Waals surface area contributed by atoms with Crippen LogP contribution in [0.25, 0.3) is 17.0 Å². The minimum Gasteiger partial charge on any atom is -0.365 e. The van der Waals surface area contributed by atoms with E-state index in [9.17, 15) is 4.79 Å². The average molecular weight is 225 g/mol. The number of nitrogens with two attached hydrogens (primary N) is 1. The first-order chi connectivity index (χ1) is 8.13. The van der Waals surface area contributed by atoms with Crippen molar-refractivity contribution in [2.75, 3.05) is 0 Å². The van der Waals surface area contributed by atoms with Crippen LogP contribution in [0, 0.1) is 11.3 Å². The van der Waals surface area contributed by atoms with E-state index < -0.39 is 5.91 Å². The number of aryl methyl sites for hydroxylation is 1. The number of benzene rings is 1. The van der Waals surface area contributed by atoms with E-state index in [2.05, 4.69) is 0 Å². The van der Waals surface area contributed by atoms with E-state index in [1.807, 2.05) is 42.1 Å². The van der Waals surface area contributed by atoms with Crippen LogP contribution in [0.2, 0.25) is 0 Å². The van der Waals surface area contributed by atoms with E-state index in [4.69, 9.17) is 11.0 Å². The quantitative estimate of drug-likeness (QED) is 0.622. The van der Waals surface area contributed by atoms with Crippen LogP contribution in [-0.2, 0) is 11.8 Å². The Morgan fingerprint density at radius 3 is 2.82 bits per heavy atom. The summed E-state index contributed by atoms with van der Waals surface area (Å²) in [5.41, 5.74) is 6.93. The third kappa shape index (κ3) is 1.91. The maximum absolute atomic E-state index is 11.0. The second-order valence-electron chi connectivity index (χ2n) is 3.75. The van der Waals surface area contributed by atoms with Crippen molar-refractivity contribution in [3.8, 4) is 6.07 Å². The second kappa shape index (κ2) is 4.14. The highest BCUT2D eigenvalue weighted by molar-refractivity contribution is 6.03. The maximum atomic E-state index is 11.0. The minimum absolute atomic E-state index is 0.0404. The van der Waals surface area contributed by atoms with Gasteiger partial charge in [0.25, 0.3) is 5.91 Å². The summed E-state index contributed by atoms with van der Waals surface area (Å²) in [5.74, 6) is -0.708. The fraction of sp³-hybridized carbons (Fsp3) is 0.0769. The lowest BCUT2D eigenvalue weighted by molar-refractivity contribution is -0.114. The number of amides is 1. The Kier molecular flexibility index (Phi) is 2.67. The fourth-order valence-corrected chi connectivity index (χ4v) is 1.80. The zero-order valence-electron chi connectivity index (χ0n) is 9.34. The summed E-state index contributed by atoms with van der Waals surface area (Å²) in [7, 11) is 1.91. The summed E-state index contributed by atoms with van der Waals surface area (Å²) in [6.07, 6.45) is 3.38. The molecule has 0 spiro atoms. The number of hydrogen-bond donors (Lipinski definition) is 1. The Morgan fingerprint density at radius 1 is 1.47 bits per heavy atom. The number of carbonyl (C=O) groups excluding carboxylic acids is 1. The maximum Gasteiger partial charge on any atom is 0.259 e. The van der Waals surface area contributed by atoms with Gasteiger partial charge in [-0.3, -0.25) is 4.79 Å². The molecule has 4 heteroatoms. The van der Waals surface area contributed by atoms with Gasteiger partial charge in [-0.05, 0) is 12.1 Å². The lowest BCUT2D eigenvalue weighted by atomic mass is 10.1. The number of fused-ring (bicyclic) bond motifs is 1. The molecule has 0 bridgehead atoms. The molecule has 0 aliphatic rings. The van der Waals surface area contributed by atoms with E-state index in [0.717, 1.165) is 16.5 Å². The number of rotatable bonds is 2. The molecule has 1 aromatic heterocycles. The van der Waals surface area contributed by atoms with Crippen LogP contribution >= 0.6 is 0 Å². The number of para-hydroxylation sites is 1. The Hall–Kier alpha value is -2.54. The summed E-state index contributed by atoms with van der Waals surface area (Å²) >= 11 is 0. The normalized spacial score (nSPS) is 11.4. The molecule has 0 aliphatic heterocycles. The molecule has 0 unspecified atom stereocenters. The molecule has 4 nitrogen and oxygen atoms in total. The number of nitriles is 1. The number of primary amides is 1. The van der Waals surface area contributed by atoms with Crippen LogP contribution in [0.4, 0.5) is 0 Å². The topological polar surface area (TPSA) is 71.8 Å². The van der Waals surface area contributed by atoms with Crippen LogP contribution in [-0.4, -0.2) is 10.5 Å². The molecule has 2 rings (SSSR count). The fourth-order valence-electron chi connectivity index (χ4n) is 1.80. The largest absolute Gasteiger partial charge is 0.365 e. The Labute approximate surface area is 98.6 Å². The SMILES string of the molecule is Cn1cc(/C=C(\C#N)C(N)=O)c2ccccc21. The highest BCUT2D eigenvalue weighted by Gasteiger charge is 2.07. The number of nitrogens with zero attached hydrogens (tertiary/aromatic N) is 2. The van der Waals surface area contributed by atoms with E-state index in [-0.39, 0.29) is 5.57 Å². The van der Waals surface area contributed by atoms with E-state index >= 15 is 0 Å². The van der Waals surface area contributed by atoms with Crippen LogP contribution in [0.1, 0.15) is 5.56 Å². The summed E-state index contributed by atoms with van der Waals surface area (Å²) in [6, 6.07) is 9.57. The predicted molar refractivity (Wildman–Crippen MR) is 65.7 cm³/mol. The molecule has 0 atom stereocenters. The molecule has 0 radical (unpaired) electrons. The molecule has 0 saturated heterocycles. The van der Waals surface area contributed by atoms with E-state index in [0.29, 0.717) is 0 Å². The van der Waals surface area contributed by atoms with Crippen LogP contribution < -0.4 is 5.73 Å². The predicted octanol–water partition coefficient (Wildman–Crippen LogP) is 1.57. The van der Waals surface area contributed by atoms with Gasteiger partial charge in [0.2, 0.25) is 0 Å². The zero-order chi connectivity index (χ0) is 12.4. The van der Waals surface area contributed by atoms with Crippen molar-refractivity contribution in [3.05, 3.63) is 41.6 Å². The molecule has 1 aromatic carbocycles. The van der Waals surface area contributed by atoms with Crippen LogP contribution in [0.15, 0.2) is 36.0 Å². The molecule has 1 amide bonds. The smallest absolute Gasteiger partial charge is 0.259 e. The van der Waals surface area contributed by atoms with Gasteiger partial charge in [0.15, 0.2) is 0 Å². The van der Waals surface area contributed by atoms with Gasteiger partial charge in [-0.2, -0.15) is 5.26 Å². The monoisotopic (exact) mass is 225 g/mol. The third-order valence-corrected chi connectivity index (χ3v) is 2.61. The molecule has 0 aliphatic carbocycles. The number of hydrogen-bond acceptors (Lipinski definition) is 2. The third-order valence-electron chi connectivity index (χ3n) is 2.61. The van der Waals surface area contributed by atoms with Gasteiger partial charge < -0.3 is 10.3 Å². The highest BCUT2D eigenvalue weighted by Crippen LogP contribution is 2.22. The molecule has 1 heterocycles. The van der Waals surface area contributed by atoms with Gasteiger partial charge in [0.1, 0.15) is 11.6 Å². The number of carbonyl (C=O) groups is 1. The first-order valence-electron chi connectivity index (χ1n) is 5.09. The zero-order valence-corrected chi connectivity index (χ0v) is 9.34. The second-order valence-corrected chi connectivity index (χ2v) is 3.75. The van der Waals surface area contributed by atoms with Gasteiger partial charge >= 0.3 is 0 Å². The molecule has 17 heavy (non-hydrogen) atoms. The first-order valence-corrected chi connectivity index (χ1v) is 5.09. The van der Waals surface area contributed by atoms with Crippen LogP contribution in [0.3, 0.4) is 0 Å². The van der Waals surface area contributed by atoms with E-state index in [1.165, 1.54) is 6.08 Å². The Morgan fingerprint density at radius 2 is 2.18 bits per heavy atom. The van der Waals surface area contributed by atoms with Gasteiger partial charge in [-0.1, -0.05) is 18.2 Å². The first kappa shape index (κ1) is 11.0. The van der Waals surface area contributed by atoms with Crippen LogP contribution in [0.5, 0.6) is 0 Å². The molecule has 2 N–H and O–H groups in total. The lowest BCUT2D eigenvalue weighted by Gasteiger charge is -1.93. The summed E-state index contributed by atoms with van der Waals surface area (Å²) in [6.45, 7) is 0. The molecular weight excluding hydrogens is 214 g/mol. The average Bonchev–Trinajstić information content (AvgIpc) is 2.63. The van der Waals surface area contributed by atoms with Crippen molar-refractivity contribution in [3.63, 3.8) is 0 Å². The Balaban J connectivity index is 2.65. The van der Waals surface area contributed by atoms with Crippen molar-refractivity contribution < 1.29 is 4.79 Å². The van der Waals surface area contributed by atoms with Crippen molar-refractivity contribution in [1.82, 2.24) is 4.57 Å². The summed E-state index contributed by atoms with van der Waals surface area (Å²) in [4.78, 5) is 11.0. The summed E-state index contributed by atoms with van der Waals surface area (Å²) in [5, 5.41) is 9.80. The molecule has 0 fully saturated rings. The van der Waals surface area contributed by atoms with Gasteiger partial charge in [0.05, 0.1) is 0 Å². The Bertz CT molecular complexity index is 659. The van der Waals surface area contributed by atoms with E-state index in [1.54, 1.807) is 6.07 Å². The standard InChI is InChI=1S/C13H11N3O/c1-16-8-10(6-9(7-14)13(15)17)11-4-2-3-5-12(11)16/h2-6,8H,1H3,(H2,15,17)/b9-6+. The van der Waals surface area contributed by atoms with Crippen molar-refractivity contribution in [2.45, 2.75) is 0 Å². The summed E-state index contributed by atoms with van der Waals surface area (Å²) < 4.78 is 1.94. The molecule has 84 valence electrons. The van der Waals surface area contributed by atoms with Gasteiger partial charge in [-0.25, -0.2) is 0 Å². The highest BCUT2D eigenvalue weighted by atomic mass is 16.1. The number of aromatic nitrogens is 1. The van der Waals surface area contributed by atoms with Gasteiger partial charge in [-0.15, -0.1) is 0 Å².